The van der Waals surface area contributed by atoms with Crippen LogP contribution in [0, 0.1) is 0 Å². The third kappa shape index (κ3) is 36.4. The van der Waals surface area contributed by atoms with Crippen LogP contribution >= 0.6 is 0 Å². The van der Waals surface area contributed by atoms with E-state index in [4.69, 9.17) is 10.2 Å². The van der Waals surface area contributed by atoms with E-state index >= 15 is 0 Å². The Morgan fingerprint density at radius 3 is 1.23 bits per heavy atom. The molecular weight excluding hydrogens is 180 g/mol. The summed E-state index contributed by atoms with van der Waals surface area (Å²) in [4.78, 5) is 19.6. The van der Waals surface area contributed by atoms with E-state index in [0.29, 0.717) is 0 Å². The molecule has 10 N–H and O–H groups in total. The van der Waals surface area contributed by atoms with E-state index in [1.54, 1.807) is 0 Å². The molecule has 0 fully saturated rings. The molecule has 0 amide bonds. The monoisotopic (exact) mass is 196 g/mol. The fourth-order valence-corrected chi connectivity index (χ4v) is 0.391. The van der Waals surface area contributed by atoms with Crippen molar-refractivity contribution in [3.05, 3.63) is 0 Å². The predicted octanol–water partition coefficient (Wildman–Crippen LogP) is -2.04. The average Bonchev–Trinajstić information content (AvgIpc) is 2.10. The molecule has 0 aliphatic rings. The molecule has 0 atom stereocenters. The zero-order valence-electron chi connectivity index (χ0n) is 7.14. The second-order valence-corrected chi connectivity index (χ2v) is 1.64. The number of rotatable bonds is 4. The zero-order valence-corrected chi connectivity index (χ0v) is 7.14. The molecule has 0 aromatic heterocycles. The summed E-state index contributed by atoms with van der Waals surface area (Å²) in [5.41, 5.74) is 0. The Balaban J connectivity index is -0.000000218. The summed E-state index contributed by atoms with van der Waals surface area (Å²) in [5, 5.41) is 16.1. The van der Waals surface area contributed by atoms with Crippen molar-refractivity contribution in [2.45, 2.75) is 19.3 Å². The van der Waals surface area contributed by atoms with E-state index < -0.39 is 11.9 Å². The maximum absolute atomic E-state index is 9.79. The van der Waals surface area contributed by atoms with Gasteiger partial charge in [-0.1, -0.05) is 0 Å². The lowest BCUT2D eigenvalue weighted by atomic mass is 10.2. The van der Waals surface area contributed by atoms with Crippen molar-refractivity contribution in [2.24, 2.45) is 23.4 Å². The molecule has 80 valence electrons. The smallest absolute Gasteiger partial charge is 0.303 e. The quantitative estimate of drug-likeness (QED) is 0.220. The Morgan fingerprint density at radius 1 is 0.846 bits per heavy atom. The minimum absolute atomic E-state index is 0.0632. The number of hydrogen-bond acceptors (Lipinski definition) is 6. The van der Waals surface area contributed by atoms with Crippen LogP contribution in [0.15, 0.2) is 0 Å². The Bertz CT molecular complexity index is 116. The average molecular weight is 196 g/mol. The number of aliphatic carboxylic acids is 2. The summed E-state index contributed by atoms with van der Waals surface area (Å²) < 4.78 is 0. The van der Waals surface area contributed by atoms with Gasteiger partial charge in [-0.15, -0.1) is 0 Å². The van der Waals surface area contributed by atoms with Crippen LogP contribution in [0.3, 0.4) is 0 Å². The van der Waals surface area contributed by atoms with Gasteiger partial charge in [-0.3, -0.25) is 33.0 Å². The van der Waals surface area contributed by atoms with E-state index in [-0.39, 0.29) is 19.3 Å². The van der Waals surface area contributed by atoms with Gasteiger partial charge >= 0.3 is 11.9 Å². The molecule has 0 rings (SSSR count). The van der Waals surface area contributed by atoms with Crippen LogP contribution in [0.25, 0.3) is 0 Å². The van der Waals surface area contributed by atoms with Gasteiger partial charge < -0.3 is 10.2 Å². The zero-order chi connectivity index (χ0) is 11.3. The van der Waals surface area contributed by atoms with Gasteiger partial charge in [0.25, 0.3) is 0 Å². The molecule has 0 bridgehead atoms. The third-order valence-corrected chi connectivity index (χ3v) is 0.781. The first-order chi connectivity index (χ1) is 6.13. The van der Waals surface area contributed by atoms with Crippen molar-refractivity contribution in [3.8, 4) is 0 Å². The first kappa shape index (κ1) is 17.8. The first-order valence-electron chi connectivity index (χ1n) is 3.23. The van der Waals surface area contributed by atoms with Crippen LogP contribution in [-0.2, 0) is 9.59 Å². The van der Waals surface area contributed by atoms with Gasteiger partial charge in [0.2, 0.25) is 0 Å². The van der Waals surface area contributed by atoms with E-state index in [1.807, 2.05) is 0 Å². The van der Waals surface area contributed by atoms with Crippen molar-refractivity contribution in [1.82, 2.24) is 0 Å². The minimum Gasteiger partial charge on any atom is -0.481 e. The highest BCUT2D eigenvalue weighted by molar-refractivity contribution is 5.69. The van der Waals surface area contributed by atoms with Crippen molar-refractivity contribution >= 4 is 11.9 Å². The number of carboxylic acids is 2. The molecular formula is C5H16N4O4. The van der Waals surface area contributed by atoms with Gasteiger partial charge in [0.15, 0.2) is 0 Å². The number of carbonyl (C=O) groups is 2. The van der Waals surface area contributed by atoms with Crippen LogP contribution in [0.4, 0.5) is 0 Å². The summed E-state index contributed by atoms with van der Waals surface area (Å²) in [5.74, 6) is 14.1. The standard InChI is InChI=1S/C5H8O4.2H4N2/c6-4(7)2-1-3-5(8)9;2*1-2/h1-3H2,(H,6,7)(H,8,9);2*1-2H2. The van der Waals surface area contributed by atoms with Gasteiger partial charge in [-0.25, -0.2) is 0 Å². The molecule has 0 aliphatic carbocycles. The summed E-state index contributed by atoms with van der Waals surface area (Å²) in [6.07, 6.45) is 0.0866. The molecule has 0 aliphatic heterocycles. The number of carboxylic acid groups (broad SMARTS) is 2. The maximum Gasteiger partial charge on any atom is 0.303 e. The van der Waals surface area contributed by atoms with Crippen LogP contribution in [0.1, 0.15) is 19.3 Å². The van der Waals surface area contributed by atoms with Gasteiger partial charge in [0, 0.05) is 12.8 Å². The highest BCUT2D eigenvalue weighted by Crippen LogP contribution is 1.93. The molecule has 0 unspecified atom stereocenters. The van der Waals surface area contributed by atoms with Crippen LogP contribution in [0.2, 0.25) is 0 Å². The number of hydrogen-bond donors (Lipinski definition) is 6. The molecule has 0 radical (unpaired) electrons. The number of nitrogens with two attached hydrogens (primary N) is 4. The Morgan fingerprint density at radius 2 is 1.08 bits per heavy atom. The SMILES string of the molecule is NN.NN.O=C(O)CCCC(=O)O. The molecule has 13 heavy (non-hydrogen) atoms. The van der Waals surface area contributed by atoms with Crippen molar-refractivity contribution in [2.75, 3.05) is 0 Å². The van der Waals surface area contributed by atoms with E-state index in [0.717, 1.165) is 0 Å². The summed E-state index contributed by atoms with van der Waals surface area (Å²) >= 11 is 0. The molecule has 0 saturated carbocycles. The summed E-state index contributed by atoms with van der Waals surface area (Å²) in [6, 6.07) is 0. The van der Waals surface area contributed by atoms with E-state index in [1.165, 1.54) is 0 Å². The normalized spacial score (nSPS) is 7.08. The molecule has 0 aromatic rings. The topological polar surface area (TPSA) is 179 Å². The van der Waals surface area contributed by atoms with Crippen LogP contribution in [-0.4, -0.2) is 22.2 Å². The highest BCUT2D eigenvalue weighted by Gasteiger charge is 1.99. The van der Waals surface area contributed by atoms with Crippen molar-refractivity contribution < 1.29 is 19.8 Å². The molecule has 0 spiro atoms. The van der Waals surface area contributed by atoms with E-state index in [9.17, 15) is 9.59 Å². The van der Waals surface area contributed by atoms with E-state index in [2.05, 4.69) is 23.4 Å². The Hall–Kier alpha value is -1.22. The van der Waals surface area contributed by atoms with Crippen molar-refractivity contribution in [3.63, 3.8) is 0 Å². The highest BCUT2D eigenvalue weighted by atomic mass is 16.4. The van der Waals surface area contributed by atoms with Gasteiger partial charge in [-0.05, 0) is 6.42 Å². The second-order valence-electron chi connectivity index (χ2n) is 1.64. The molecule has 0 saturated heterocycles. The fraction of sp³-hybridized carbons (Fsp3) is 0.600. The van der Waals surface area contributed by atoms with Crippen molar-refractivity contribution in [1.29, 1.82) is 0 Å². The lowest BCUT2D eigenvalue weighted by Gasteiger charge is -1.89. The lowest BCUT2D eigenvalue weighted by molar-refractivity contribution is -0.138. The van der Waals surface area contributed by atoms with Crippen LogP contribution in [0.5, 0.6) is 0 Å². The number of hydrazine groups is 2. The Kier molecular flexibility index (Phi) is 23.3. The Labute approximate surface area is 75.4 Å². The largest absolute Gasteiger partial charge is 0.481 e. The third-order valence-electron chi connectivity index (χ3n) is 0.781. The fourth-order valence-electron chi connectivity index (χ4n) is 0.391. The predicted molar refractivity (Wildman–Crippen MR) is 45.9 cm³/mol. The molecule has 0 aromatic carbocycles. The minimum atomic E-state index is -0.948. The summed E-state index contributed by atoms with van der Waals surface area (Å²) in [7, 11) is 0. The maximum atomic E-state index is 9.79. The molecule has 0 heterocycles. The van der Waals surface area contributed by atoms with Crippen LogP contribution < -0.4 is 23.4 Å². The lowest BCUT2D eigenvalue weighted by Crippen LogP contribution is -2.02. The molecule has 8 heteroatoms. The molecule has 8 nitrogen and oxygen atoms in total. The van der Waals surface area contributed by atoms with Gasteiger partial charge in [0.05, 0.1) is 0 Å². The summed E-state index contributed by atoms with van der Waals surface area (Å²) in [6.45, 7) is 0. The second kappa shape index (κ2) is 17.0. The van der Waals surface area contributed by atoms with Gasteiger partial charge in [0.1, 0.15) is 0 Å². The first-order valence-corrected chi connectivity index (χ1v) is 3.23. The van der Waals surface area contributed by atoms with Gasteiger partial charge in [-0.2, -0.15) is 0 Å².